The number of hydrogen-bond acceptors (Lipinski definition) is 4. The van der Waals surface area contributed by atoms with E-state index in [0.29, 0.717) is 10.2 Å². The topological polar surface area (TPSA) is 79.0 Å². The van der Waals surface area contributed by atoms with Crippen LogP contribution >= 0.6 is 0 Å². The van der Waals surface area contributed by atoms with Crippen molar-refractivity contribution in [3.05, 3.63) is 53.4 Å². The Morgan fingerprint density at radius 2 is 1.92 bits per heavy atom. The minimum absolute atomic E-state index is 0.0520. The molecule has 0 spiro atoms. The van der Waals surface area contributed by atoms with Crippen LogP contribution < -0.4 is 0 Å². The van der Waals surface area contributed by atoms with Gasteiger partial charge in [-0.25, -0.2) is 4.39 Å². The highest BCUT2D eigenvalue weighted by molar-refractivity contribution is 6.34. The molecule has 0 aliphatic rings. The van der Waals surface area contributed by atoms with Crippen LogP contribution in [0.2, 0.25) is 0 Å². The first-order chi connectivity index (χ1) is 11.1. The molecule has 9 heteroatoms. The van der Waals surface area contributed by atoms with Gasteiger partial charge in [0.15, 0.2) is 5.69 Å². The average molecular weight is 341 g/mol. The van der Waals surface area contributed by atoms with Gasteiger partial charge < -0.3 is 10.5 Å². The van der Waals surface area contributed by atoms with Crippen LogP contribution in [0.3, 0.4) is 0 Å². The van der Waals surface area contributed by atoms with Crippen LogP contribution in [0.25, 0.3) is 5.83 Å². The summed E-state index contributed by atoms with van der Waals surface area (Å²) in [6, 6.07) is 5.42. The van der Waals surface area contributed by atoms with Gasteiger partial charge >= 0.3 is 6.18 Å². The van der Waals surface area contributed by atoms with Gasteiger partial charge in [0, 0.05) is 0 Å². The monoisotopic (exact) mass is 341 g/mol. The van der Waals surface area contributed by atoms with Gasteiger partial charge in [-0.1, -0.05) is 18.7 Å². The summed E-state index contributed by atoms with van der Waals surface area (Å²) in [4.78, 5) is 11.8. The zero-order valence-corrected chi connectivity index (χ0v) is 12.1. The average Bonchev–Trinajstić information content (AvgIpc) is 2.88. The number of nitrogens with zero attached hydrogens (tertiary/aromatic N) is 2. The summed E-state index contributed by atoms with van der Waals surface area (Å²) in [5.41, 5.74) is -2.95. The minimum Gasteiger partial charge on any atom is -0.508 e. The number of aromatic nitrogens is 2. The highest BCUT2D eigenvalue weighted by atomic mass is 19.4. The Bertz CT molecular complexity index is 807. The van der Waals surface area contributed by atoms with E-state index in [4.69, 9.17) is 5.41 Å². The Morgan fingerprint density at radius 1 is 1.33 bits per heavy atom. The summed E-state index contributed by atoms with van der Waals surface area (Å²) in [5, 5.41) is 19.5. The number of benzene rings is 1. The summed E-state index contributed by atoms with van der Waals surface area (Å²) in [7, 11) is 0. The molecule has 0 saturated carbocycles. The lowest BCUT2D eigenvalue weighted by Gasteiger charge is -2.06. The number of halogens is 4. The van der Waals surface area contributed by atoms with Gasteiger partial charge in [-0.3, -0.25) is 9.48 Å². The van der Waals surface area contributed by atoms with Gasteiger partial charge in [-0.05, 0) is 17.7 Å². The molecule has 24 heavy (non-hydrogen) atoms. The molecule has 0 saturated heterocycles. The number of carbonyl (C=O) groups is 1. The van der Waals surface area contributed by atoms with Gasteiger partial charge in [0.2, 0.25) is 5.78 Å². The van der Waals surface area contributed by atoms with Crippen molar-refractivity contribution in [2.75, 3.05) is 0 Å². The normalized spacial score (nSPS) is 11.3. The van der Waals surface area contributed by atoms with Crippen molar-refractivity contribution in [3.63, 3.8) is 0 Å². The molecule has 0 aliphatic heterocycles. The van der Waals surface area contributed by atoms with Crippen LogP contribution in [0.1, 0.15) is 27.3 Å². The van der Waals surface area contributed by atoms with Crippen molar-refractivity contribution in [1.29, 1.82) is 5.41 Å². The number of phenols is 1. The summed E-state index contributed by atoms with van der Waals surface area (Å²) < 4.78 is 53.5. The van der Waals surface area contributed by atoms with E-state index in [1.165, 1.54) is 24.3 Å². The number of rotatable bonds is 5. The molecule has 5 nitrogen and oxygen atoms in total. The molecule has 0 radical (unpaired) electrons. The Kier molecular flexibility index (Phi) is 4.54. The molecule has 1 aromatic carbocycles. The van der Waals surface area contributed by atoms with Crippen LogP contribution in [-0.2, 0) is 12.7 Å². The first kappa shape index (κ1) is 17.4. The fourth-order valence-corrected chi connectivity index (χ4v) is 2.12. The second kappa shape index (κ2) is 6.26. The molecule has 2 N–H and O–H groups in total. The van der Waals surface area contributed by atoms with Crippen molar-refractivity contribution >= 4 is 17.8 Å². The number of Topliss-reactive ketones (excluding diaryl/α,β-unsaturated/α-hetero) is 1. The highest BCUT2D eigenvalue weighted by Gasteiger charge is 2.41. The van der Waals surface area contributed by atoms with Crippen LogP contribution in [0.4, 0.5) is 17.6 Å². The van der Waals surface area contributed by atoms with Crippen LogP contribution in [-0.4, -0.2) is 26.9 Å². The van der Waals surface area contributed by atoms with Gasteiger partial charge in [0.25, 0.3) is 0 Å². The van der Waals surface area contributed by atoms with Crippen molar-refractivity contribution in [1.82, 2.24) is 9.78 Å². The molecular weight excluding hydrogens is 330 g/mol. The van der Waals surface area contributed by atoms with Crippen LogP contribution in [0.5, 0.6) is 5.75 Å². The standard InChI is InChI=1S/C15H11F4N3O2/c1-8(16)12-13(11(24)6-20)22(21-14(12)15(17,18)19)7-9-2-4-10(23)5-3-9/h2-6,20,23H,1,7H2. The fourth-order valence-electron chi connectivity index (χ4n) is 2.12. The molecule has 2 aromatic rings. The summed E-state index contributed by atoms with van der Waals surface area (Å²) in [6.07, 6.45) is -4.72. The Hall–Kier alpha value is -2.97. The van der Waals surface area contributed by atoms with E-state index in [1.807, 2.05) is 0 Å². The molecule has 2 rings (SSSR count). The van der Waals surface area contributed by atoms with E-state index in [2.05, 4.69) is 11.7 Å². The quantitative estimate of drug-likeness (QED) is 0.497. The maximum atomic E-state index is 13.6. The Balaban J connectivity index is 2.65. The first-order valence-electron chi connectivity index (χ1n) is 6.50. The third-order valence-corrected chi connectivity index (χ3v) is 3.13. The lowest BCUT2D eigenvalue weighted by molar-refractivity contribution is -0.141. The highest BCUT2D eigenvalue weighted by Crippen LogP contribution is 2.36. The molecule has 0 aliphatic carbocycles. The maximum Gasteiger partial charge on any atom is 0.435 e. The molecule has 0 fully saturated rings. The third-order valence-electron chi connectivity index (χ3n) is 3.13. The zero-order valence-electron chi connectivity index (χ0n) is 12.1. The van der Waals surface area contributed by atoms with Gasteiger partial charge in [-0.15, -0.1) is 0 Å². The Morgan fingerprint density at radius 3 is 2.38 bits per heavy atom. The predicted octanol–water partition coefficient (Wildman–Crippen LogP) is 3.43. The van der Waals surface area contributed by atoms with Crippen molar-refractivity contribution < 1.29 is 27.5 Å². The number of nitrogens with one attached hydrogen (secondary N) is 1. The molecule has 1 aromatic heterocycles. The van der Waals surface area contributed by atoms with Crippen LogP contribution in [0.15, 0.2) is 30.8 Å². The molecule has 0 unspecified atom stereocenters. The van der Waals surface area contributed by atoms with E-state index >= 15 is 0 Å². The van der Waals surface area contributed by atoms with E-state index in [1.54, 1.807) is 0 Å². The summed E-state index contributed by atoms with van der Waals surface area (Å²) in [6.45, 7) is 2.54. The smallest absolute Gasteiger partial charge is 0.435 e. The molecule has 0 amide bonds. The van der Waals surface area contributed by atoms with E-state index in [0.717, 1.165) is 0 Å². The molecule has 0 atom stereocenters. The number of carbonyl (C=O) groups excluding carboxylic acids is 1. The molecular formula is C15H11F4N3O2. The number of alkyl halides is 3. The fraction of sp³-hybridized carbons (Fsp3) is 0.133. The molecule has 1 heterocycles. The largest absolute Gasteiger partial charge is 0.508 e. The van der Waals surface area contributed by atoms with E-state index in [-0.39, 0.29) is 18.5 Å². The minimum atomic E-state index is -5.00. The summed E-state index contributed by atoms with van der Waals surface area (Å²) in [5.74, 6) is -2.65. The second-order valence-electron chi connectivity index (χ2n) is 4.81. The SMILES string of the molecule is C=C(F)c1c(C(F)(F)F)nn(Cc2ccc(O)cc2)c1C(=O)C=N. The first-order valence-corrected chi connectivity index (χ1v) is 6.50. The van der Waals surface area contributed by atoms with Gasteiger partial charge in [0.05, 0.1) is 18.3 Å². The van der Waals surface area contributed by atoms with E-state index < -0.39 is 34.7 Å². The number of phenolic OH excluding ortho intramolecular Hbond substituents is 1. The van der Waals surface area contributed by atoms with Crippen LogP contribution in [0, 0.1) is 5.41 Å². The second-order valence-corrected chi connectivity index (χ2v) is 4.81. The Labute approximate surface area is 133 Å². The van der Waals surface area contributed by atoms with Crippen molar-refractivity contribution in [2.24, 2.45) is 0 Å². The lowest BCUT2D eigenvalue weighted by atomic mass is 10.1. The number of ketones is 1. The predicted molar refractivity (Wildman–Crippen MR) is 77.7 cm³/mol. The van der Waals surface area contributed by atoms with Gasteiger partial charge in [0.1, 0.15) is 17.3 Å². The zero-order chi connectivity index (χ0) is 18.1. The number of aromatic hydroxyl groups is 1. The van der Waals surface area contributed by atoms with Crippen molar-refractivity contribution in [2.45, 2.75) is 12.7 Å². The summed E-state index contributed by atoms with van der Waals surface area (Å²) >= 11 is 0. The number of hydrogen-bond donors (Lipinski definition) is 2. The maximum absolute atomic E-state index is 13.6. The lowest BCUT2D eigenvalue weighted by Crippen LogP contribution is -2.13. The third kappa shape index (κ3) is 3.34. The van der Waals surface area contributed by atoms with Crippen molar-refractivity contribution in [3.8, 4) is 5.75 Å². The van der Waals surface area contributed by atoms with E-state index in [9.17, 15) is 27.5 Å². The molecule has 126 valence electrons. The van der Waals surface area contributed by atoms with Gasteiger partial charge in [-0.2, -0.15) is 18.3 Å². The molecule has 0 bridgehead atoms.